The molecule has 0 N–H and O–H groups in total. The van der Waals surface area contributed by atoms with E-state index in [4.69, 9.17) is 0 Å². The number of hydrogen-bond acceptors (Lipinski definition) is 2. The van der Waals surface area contributed by atoms with E-state index in [1.807, 2.05) is 0 Å². The Labute approximate surface area is 102 Å². The van der Waals surface area contributed by atoms with Gasteiger partial charge in [0.2, 0.25) is 0 Å². The van der Waals surface area contributed by atoms with Crippen LogP contribution in [0, 0.1) is 0 Å². The number of nitrogens with zero attached hydrogens (tertiary/aromatic N) is 2. The van der Waals surface area contributed by atoms with Crippen LogP contribution in [-0.2, 0) is 6.54 Å². The highest BCUT2D eigenvalue weighted by molar-refractivity contribution is 5.58. The van der Waals surface area contributed by atoms with Crippen molar-refractivity contribution in [2.24, 2.45) is 0 Å². The van der Waals surface area contributed by atoms with Crippen LogP contribution in [0.3, 0.4) is 0 Å². The highest BCUT2D eigenvalue weighted by Gasteiger charge is 2.30. The molecule has 86 valence electrons. The molecule has 3 aliphatic rings. The van der Waals surface area contributed by atoms with Crippen molar-refractivity contribution >= 4 is 5.69 Å². The summed E-state index contributed by atoms with van der Waals surface area (Å²) in [6, 6.07) is 8.82. The van der Waals surface area contributed by atoms with Crippen LogP contribution in [0.5, 0.6) is 0 Å². The molecule has 2 heterocycles. The minimum absolute atomic E-state index is 1.07. The zero-order valence-corrected chi connectivity index (χ0v) is 9.89. The van der Waals surface area contributed by atoms with Crippen molar-refractivity contribution in [1.29, 1.82) is 0 Å². The van der Waals surface area contributed by atoms with Crippen molar-refractivity contribution < 1.29 is 0 Å². The number of anilines is 1. The van der Waals surface area contributed by atoms with Crippen molar-refractivity contribution in [2.45, 2.75) is 19.4 Å². The first kappa shape index (κ1) is 9.34. The van der Waals surface area contributed by atoms with Crippen LogP contribution in [0.15, 0.2) is 47.7 Å². The van der Waals surface area contributed by atoms with E-state index in [0.717, 1.165) is 19.8 Å². The highest BCUT2D eigenvalue weighted by atomic mass is 15.4. The lowest BCUT2D eigenvalue weighted by molar-refractivity contribution is 0.290. The van der Waals surface area contributed by atoms with Gasteiger partial charge in [-0.25, -0.2) is 0 Å². The van der Waals surface area contributed by atoms with Crippen molar-refractivity contribution in [3.8, 4) is 0 Å². The molecule has 2 aliphatic heterocycles. The summed E-state index contributed by atoms with van der Waals surface area (Å²) < 4.78 is 0. The quantitative estimate of drug-likeness (QED) is 0.668. The van der Waals surface area contributed by atoms with Gasteiger partial charge in [0.1, 0.15) is 0 Å². The Bertz CT molecular complexity index is 527. The zero-order valence-electron chi connectivity index (χ0n) is 9.89. The van der Waals surface area contributed by atoms with E-state index in [1.165, 1.54) is 29.7 Å². The highest BCUT2D eigenvalue weighted by Crippen LogP contribution is 2.36. The van der Waals surface area contributed by atoms with Crippen LogP contribution in [0.4, 0.5) is 5.69 Å². The minimum atomic E-state index is 1.07. The van der Waals surface area contributed by atoms with Gasteiger partial charge >= 0.3 is 0 Å². The van der Waals surface area contributed by atoms with Gasteiger partial charge in [0.25, 0.3) is 0 Å². The second-order valence-electron chi connectivity index (χ2n) is 5.08. The Morgan fingerprint density at radius 3 is 2.94 bits per heavy atom. The molecule has 0 saturated carbocycles. The maximum absolute atomic E-state index is 2.55. The first-order valence-electron chi connectivity index (χ1n) is 6.38. The number of allylic oxidation sites excluding steroid dienone is 2. The first-order chi connectivity index (χ1) is 8.42. The van der Waals surface area contributed by atoms with Crippen LogP contribution in [0.2, 0.25) is 0 Å². The molecule has 0 spiro atoms. The lowest BCUT2D eigenvalue weighted by Crippen LogP contribution is -2.47. The molecule has 0 saturated heterocycles. The number of hydrogen-bond donors (Lipinski definition) is 0. The number of rotatable bonds is 0. The lowest BCUT2D eigenvalue weighted by atomic mass is 9.96. The summed E-state index contributed by atoms with van der Waals surface area (Å²) in [5, 5.41) is 0. The van der Waals surface area contributed by atoms with E-state index in [2.05, 4.69) is 46.2 Å². The summed E-state index contributed by atoms with van der Waals surface area (Å²) in [7, 11) is 0. The second kappa shape index (κ2) is 3.39. The topological polar surface area (TPSA) is 6.48 Å². The monoisotopic (exact) mass is 224 g/mol. The van der Waals surface area contributed by atoms with Gasteiger partial charge < -0.3 is 9.80 Å². The molecule has 0 unspecified atom stereocenters. The Morgan fingerprint density at radius 1 is 1.00 bits per heavy atom. The molecule has 2 bridgehead atoms. The average molecular weight is 224 g/mol. The molecule has 0 amide bonds. The van der Waals surface area contributed by atoms with Crippen molar-refractivity contribution in [3.05, 3.63) is 53.3 Å². The maximum atomic E-state index is 2.55. The predicted molar refractivity (Wildman–Crippen MR) is 69.6 cm³/mol. The third-order valence-electron chi connectivity index (χ3n) is 4.02. The number of benzene rings is 1. The molecule has 2 heteroatoms. The van der Waals surface area contributed by atoms with Gasteiger partial charge in [-0.2, -0.15) is 0 Å². The van der Waals surface area contributed by atoms with Crippen LogP contribution < -0.4 is 4.90 Å². The van der Waals surface area contributed by atoms with E-state index in [1.54, 1.807) is 5.70 Å². The fourth-order valence-electron chi connectivity index (χ4n) is 3.22. The fourth-order valence-corrected chi connectivity index (χ4v) is 3.22. The molecule has 1 aromatic carbocycles. The van der Waals surface area contributed by atoms with Crippen molar-refractivity contribution in [1.82, 2.24) is 4.90 Å². The molecule has 4 rings (SSSR count). The maximum Gasteiger partial charge on any atom is 0.0907 e. The van der Waals surface area contributed by atoms with E-state index >= 15 is 0 Å². The smallest absolute Gasteiger partial charge is 0.0907 e. The Hall–Kier alpha value is -1.70. The molecule has 2 nitrogen and oxygen atoms in total. The third kappa shape index (κ3) is 1.33. The summed E-state index contributed by atoms with van der Waals surface area (Å²) >= 11 is 0. The standard InChI is InChI=1S/C15H16N2/c1-3-7-14-12(5-1)9-16-11-17(14)10-13-6-2-4-8-15(13)16/h1-3,5-7H,4,8-11H2. The Kier molecular flexibility index (Phi) is 1.87. The van der Waals surface area contributed by atoms with E-state index < -0.39 is 0 Å². The largest absolute Gasteiger partial charge is 0.352 e. The van der Waals surface area contributed by atoms with Crippen LogP contribution in [0.25, 0.3) is 0 Å². The van der Waals surface area contributed by atoms with Gasteiger partial charge in [0, 0.05) is 24.5 Å². The van der Waals surface area contributed by atoms with Crippen molar-refractivity contribution in [3.63, 3.8) is 0 Å². The van der Waals surface area contributed by atoms with Gasteiger partial charge in [0.15, 0.2) is 0 Å². The normalized spacial score (nSPS) is 21.4. The lowest BCUT2D eigenvalue weighted by Gasteiger charge is -2.46. The first-order valence-corrected chi connectivity index (χ1v) is 6.38. The molecular weight excluding hydrogens is 208 g/mol. The minimum Gasteiger partial charge on any atom is -0.352 e. The van der Waals surface area contributed by atoms with Gasteiger partial charge in [-0.05, 0) is 30.0 Å². The summed E-state index contributed by atoms with van der Waals surface area (Å²) in [6.07, 6.45) is 7.07. The Morgan fingerprint density at radius 2 is 1.94 bits per heavy atom. The molecular formula is C15H16N2. The molecule has 17 heavy (non-hydrogen) atoms. The van der Waals surface area contributed by atoms with Gasteiger partial charge in [0.05, 0.1) is 6.67 Å². The van der Waals surface area contributed by atoms with E-state index in [9.17, 15) is 0 Å². The summed E-state index contributed by atoms with van der Waals surface area (Å²) in [5.74, 6) is 0. The van der Waals surface area contributed by atoms with Gasteiger partial charge in [-0.1, -0.05) is 30.4 Å². The van der Waals surface area contributed by atoms with Crippen LogP contribution >= 0.6 is 0 Å². The second-order valence-corrected chi connectivity index (χ2v) is 5.08. The predicted octanol–water partition coefficient (Wildman–Crippen LogP) is 2.88. The molecule has 0 fully saturated rings. The molecule has 1 aromatic rings. The summed E-state index contributed by atoms with van der Waals surface area (Å²) in [5.41, 5.74) is 6.00. The SMILES string of the molecule is C1=CC2=C(CC1)N1Cc3ccccc3N(C2)C1. The fraction of sp³-hybridized carbons (Fsp3) is 0.333. The summed E-state index contributed by atoms with van der Waals surface area (Å²) in [6.45, 7) is 3.24. The van der Waals surface area contributed by atoms with E-state index in [-0.39, 0.29) is 0 Å². The molecule has 0 aromatic heterocycles. The molecule has 0 radical (unpaired) electrons. The zero-order chi connectivity index (χ0) is 11.2. The number of para-hydroxylation sites is 1. The van der Waals surface area contributed by atoms with Crippen LogP contribution in [-0.4, -0.2) is 18.1 Å². The van der Waals surface area contributed by atoms with E-state index in [0.29, 0.717) is 0 Å². The van der Waals surface area contributed by atoms with Crippen LogP contribution in [0.1, 0.15) is 18.4 Å². The third-order valence-corrected chi connectivity index (χ3v) is 4.02. The number of fused-ring (bicyclic) bond motifs is 5. The van der Waals surface area contributed by atoms with Gasteiger partial charge in [-0.3, -0.25) is 0 Å². The van der Waals surface area contributed by atoms with Crippen molar-refractivity contribution in [2.75, 3.05) is 18.1 Å². The Balaban J connectivity index is 1.81. The van der Waals surface area contributed by atoms with Gasteiger partial charge in [-0.15, -0.1) is 0 Å². The average Bonchev–Trinajstić information content (AvgIpc) is 2.39. The molecule has 1 aliphatic carbocycles. The summed E-state index contributed by atoms with van der Waals surface area (Å²) in [4.78, 5) is 5.04. The molecule has 0 atom stereocenters.